The fourth-order valence-corrected chi connectivity index (χ4v) is 2.53. The molecule has 0 aromatic carbocycles. The molecule has 1 aromatic heterocycles. The SMILES string of the molecule is CCOC(=O)C1CCCN(C(=NC)NCc2noc(C)n2)C1.I. The summed E-state index contributed by atoms with van der Waals surface area (Å²) in [6.45, 7) is 5.90. The van der Waals surface area contributed by atoms with Gasteiger partial charge in [0.05, 0.1) is 19.1 Å². The molecule has 8 nitrogen and oxygen atoms in total. The molecule has 1 fully saturated rings. The fraction of sp³-hybridized carbons (Fsp3) is 0.714. The number of piperidine rings is 1. The van der Waals surface area contributed by atoms with Crippen LogP contribution < -0.4 is 5.32 Å². The molecule has 1 atom stereocenters. The molecule has 1 aliphatic heterocycles. The third-order valence-electron chi connectivity index (χ3n) is 3.53. The van der Waals surface area contributed by atoms with Crippen LogP contribution in [0, 0.1) is 12.8 Å². The molecule has 2 heterocycles. The van der Waals surface area contributed by atoms with Crippen LogP contribution in [0.15, 0.2) is 9.52 Å². The lowest BCUT2D eigenvalue weighted by Crippen LogP contribution is -2.48. The topological polar surface area (TPSA) is 92.8 Å². The van der Waals surface area contributed by atoms with Gasteiger partial charge >= 0.3 is 5.97 Å². The molecule has 0 bridgehead atoms. The van der Waals surface area contributed by atoms with Gasteiger partial charge < -0.3 is 19.5 Å². The first kappa shape index (κ1) is 19.7. The fourth-order valence-electron chi connectivity index (χ4n) is 2.53. The molecule has 23 heavy (non-hydrogen) atoms. The molecular formula is C14H24IN5O3. The number of halogens is 1. The Hall–Kier alpha value is -1.39. The van der Waals surface area contributed by atoms with Gasteiger partial charge in [0.15, 0.2) is 11.8 Å². The van der Waals surface area contributed by atoms with Gasteiger partial charge in [-0.2, -0.15) is 4.98 Å². The summed E-state index contributed by atoms with van der Waals surface area (Å²) in [5, 5.41) is 7.04. The van der Waals surface area contributed by atoms with Gasteiger partial charge in [0.1, 0.15) is 0 Å². The zero-order chi connectivity index (χ0) is 15.9. The molecule has 0 saturated carbocycles. The highest BCUT2D eigenvalue weighted by molar-refractivity contribution is 14.0. The van der Waals surface area contributed by atoms with Crippen molar-refractivity contribution in [2.45, 2.75) is 33.2 Å². The van der Waals surface area contributed by atoms with Crippen LogP contribution in [0.1, 0.15) is 31.5 Å². The molecule has 1 aromatic rings. The second kappa shape index (κ2) is 9.68. The molecule has 2 rings (SSSR count). The second-order valence-electron chi connectivity index (χ2n) is 5.17. The van der Waals surface area contributed by atoms with Crippen molar-refractivity contribution in [2.24, 2.45) is 10.9 Å². The number of guanidine groups is 1. The predicted molar refractivity (Wildman–Crippen MR) is 95.6 cm³/mol. The third kappa shape index (κ3) is 5.63. The molecule has 1 saturated heterocycles. The van der Waals surface area contributed by atoms with Gasteiger partial charge in [0.25, 0.3) is 0 Å². The first-order valence-corrected chi connectivity index (χ1v) is 7.55. The van der Waals surface area contributed by atoms with Crippen molar-refractivity contribution < 1.29 is 14.1 Å². The van der Waals surface area contributed by atoms with Gasteiger partial charge in [-0.1, -0.05) is 5.16 Å². The summed E-state index contributed by atoms with van der Waals surface area (Å²) in [6, 6.07) is 0. The van der Waals surface area contributed by atoms with E-state index in [0.29, 0.717) is 31.4 Å². The molecule has 0 spiro atoms. The number of hydrogen-bond acceptors (Lipinski definition) is 6. The minimum absolute atomic E-state index is 0. The normalized spacial score (nSPS) is 18.3. The zero-order valence-electron chi connectivity index (χ0n) is 13.7. The molecule has 1 aliphatic rings. The Kier molecular flexibility index (Phi) is 8.28. The maximum atomic E-state index is 11.9. The number of likely N-dealkylation sites (tertiary alicyclic amines) is 1. The highest BCUT2D eigenvalue weighted by atomic mass is 127. The number of esters is 1. The van der Waals surface area contributed by atoms with Crippen LogP contribution in [-0.4, -0.2) is 53.7 Å². The van der Waals surface area contributed by atoms with Crippen LogP contribution in [0.25, 0.3) is 0 Å². The van der Waals surface area contributed by atoms with Gasteiger partial charge in [0, 0.05) is 27.1 Å². The molecule has 0 amide bonds. The highest BCUT2D eigenvalue weighted by Gasteiger charge is 2.28. The Balaban J connectivity index is 0.00000264. The van der Waals surface area contributed by atoms with E-state index in [-0.39, 0.29) is 35.9 Å². The predicted octanol–water partition coefficient (Wildman–Crippen LogP) is 1.35. The summed E-state index contributed by atoms with van der Waals surface area (Å²) < 4.78 is 10.1. The van der Waals surface area contributed by atoms with Gasteiger partial charge in [0.2, 0.25) is 5.89 Å². The number of carbonyl (C=O) groups excluding carboxylic acids is 1. The number of aliphatic imine (C=N–C) groups is 1. The van der Waals surface area contributed by atoms with Crippen LogP contribution in [0.4, 0.5) is 0 Å². The van der Waals surface area contributed by atoms with Crippen LogP contribution in [0.3, 0.4) is 0 Å². The number of carbonyl (C=O) groups is 1. The minimum Gasteiger partial charge on any atom is -0.466 e. The van der Waals surface area contributed by atoms with E-state index in [1.165, 1.54) is 0 Å². The van der Waals surface area contributed by atoms with Crippen molar-refractivity contribution in [1.82, 2.24) is 20.4 Å². The number of aromatic nitrogens is 2. The summed E-state index contributed by atoms with van der Waals surface area (Å²) in [4.78, 5) is 22.4. The molecular weight excluding hydrogens is 413 g/mol. The molecule has 9 heteroatoms. The first-order valence-electron chi connectivity index (χ1n) is 7.55. The van der Waals surface area contributed by atoms with Gasteiger partial charge in [-0.3, -0.25) is 9.79 Å². The third-order valence-corrected chi connectivity index (χ3v) is 3.53. The largest absolute Gasteiger partial charge is 0.466 e. The number of nitrogens with one attached hydrogen (secondary N) is 1. The Morgan fingerprint density at radius 2 is 2.35 bits per heavy atom. The Morgan fingerprint density at radius 1 is 1.57 bits per heavy atom. The van der Waals surface area contributed by atoms with Crippen molar-refractivity contribution in [3.8, 4) is 0 Å². The molecule has 1 unspecified atom stereocenters. The summed E-state index contributed by atoms with van der Waals surface area (Å²) in [7, 11) is 1.72. The number of aryl methyl sites for hydroxylation is 1. The van der Waals surface area contributed by atoms with Crippen molar-refractivity contribution in [3.63, 3.8) is 0 Å². The maximum Gasteiger partial charge on any atom is 0.310 e. The second-order valence-corrected chi connectivity index (χ2v) is 5.17. The summed E-state index contributed by atoms with van der Waals surface area (Å²) >= 11 is 0. The number of nitrogens with zero attached hydrogens (tertiary/aromatic N) is 4. The average Bonchev–Trinajstić information content (AvgIpc) is 2.94. The number of rotatable bonds is 4. The van der Waals surface area contributed by atoms with E-state index in [1.54, 1.807) is 14.0 Å². The van der Waals surface area contributed by atoms with Gasteiger partial charge in [-0.15, -0.1) is 24.0 Å². The van der Waals surface area contributed by atoms with E-state index in [4.69, 9.17) is 9.26 Å². The summed E-state index contributed by atoms with van der Waals surface area (Å²) in [5.74, 6) is 1.62. The quantitative estimate of drug-likeness (QED) is 0.329. The number of hydrogen-bond donors (Lipinski definition) is 1. The van der Waals surface area contributed by atoms with E-state index in [0.717, 1.165) is 25.3 Å². The monoisotopic (exact) mass is 437 g/mol. The van der Waals surface area contributed by atoms with E-state index in [1.807, 2.05) is 6.92 Å². The van der Waals surface area contributed by atoms with Gasteiger partial charge in [-0.05, 0) is 19.8 Å². The Morgan fingerprint density at radius 3 is 2.96 bits per heavy atom. The summed E-state index contributed by atoms with van der Waals surface area (Å²) in [5.41, 5.74) is 0. The van der Waals surface area contributed by atoms with E-state index in [2.05, 4.69) is 25.3 Å². The van der Waals surface area contributed by atoms with E-state index in [9.17, 15) is 4.79 Å². The summed E-state index contributed by atoms with van der Waals surface area (Å²) in [6.07, 6.45) is 1.79. The lowest BCUT2D eigenvalue weighted by molar-refractivity contribution is -0.149. The van der Waals surface area contributed by atoms with Crippen molar-refractivity contribution in [3.05, 3.63) is 11.7 Å². The van der Waals surface area contributed by atoms with Crippen molar-refractivity contribution >= 4 is 35.9 Å². The maximum absolute atomic E-state index is 11.9. The van der Waals surface area contributed by atoms with E-state index >= 15 is 0 Å². The van der Waals surface area contributed by atoms with E-state index < -0.39 is 0 Å². The smallest absolute Gasteiger partial charge is 0.310 e. The van der Waals surface area contributed by atoms with Gasteiger partial charge in [-0.25, -0.2) is 0 Å². The number of ether oxygens (including phenoxy) is 1. The van der Waals surface area contributed by atoms with Crippen molar-refractivity contribution in [2.75, 3.05) is 26.7 Å². The molecule has 0 aliphatic carbocycles. The van der Waals surface area contributed by atoms with Crippen LogP contribution in [0.5, 0.6) is 0 Å². The average molecular weight is 437 g/mol. The van der Waals surface area contributed by atoms with Crippen LogP contribution in [0.2, 0.25) is 0 Å². The lowest BCUT2D eigenvalue weighted by Gasteiger charge is -2.33. The Bertz CT molecular complexity index is 534. The minimum atomic E-state index is -0.128. The molecule has 130 valence electrons. The Labute approximate surface area is 153 Å². The zero-order valence-corrected chi connectivity index (χ0v) is 16.1. The molecule has 1 N–H and O–H groups in total. The van der Waals surface area contributed by atoms with Crippen LogP contribution in [-0.2, 0) is 16.1 Å². The van der Waals surface area contributed by atoms with Crippen LogP contribution >= 0.6 is 24.0 Å². The highest BCUT2D eigenvalue weighted by Crippen LogP contribution is 2.18. The van der Waals surface area contributed by atoms with Crippen molar-refractivity contribution in [1.29, 1.82) is 0 Å². The molecule has 0 radical (unpaired) electrons. The standard InChI is InChI=1S/C14H23N5O3.HI/c1-4-21-13(20)11-6-5-7-19(9-11)14(15-3)16-8-12-17-10(2)22-18-12;/h11H,4-9H2,1-3H3,(H,15,16);1H. The lowest BCUT2D eigenvalue weighted by atomic mass is 9.98. The first-order chi connectivity index (χ1) is 10.6.